The molecule has 1 heterocycles. The molecule has 2 aromatic rings. The number of nitrogens with zero attached hydrogens (tertiary/aromatic N) is 4. The molecule has 0 spiro atoms. The molecule has 9 nitrogen and oxygen atoms in total. The third kappa shape index (κ3) is 10.3. The summed E-state index contributed by atoms with van der Waals surface area (Å²) in [5.41, 5.74) is 1.60. The van der Waals surface area contributed by atoms with Crippen LogP contribution in [-0.2, 0) is 24.2 Å². The predicted molar refractivity (Wildman–Crippen MR) is 135 cm³/mol. The van der Waals surface area contributed by atoms with E-state index in [1.165, 1.54) is 0 Å². The van der Waals surface area contributed by atoms with Crippen molar-refractivity contribution in [2.45, 2.75) is 59.7 Å². The van der Waals surface area contributed by atoms with Crippen molar-refractivity contribution in [2.24, 2.45) is 4.99 Å². The molecule has 32 heavy (non-hydrogen) atoms. The van der Waals surface area contributed by atoms with E-state index in [1.54, 1.807) is 18.9 Å². The van der Waals surface area contributed by atoms with Gasteiger partial charge in [-0.05, 0) is 45.7 Å². The highest BCUT2D eigenvalue weighted by molar-refractivity contribution is 14.0. The largest absolute Gasteiger partial charge is 0.444 e. The van der Waals surface area contributed by atoms with E-state index in [0.29, 0.717) is 37.8 Å². The summed E-state index contributed by atoms with van der Waals surface area (Å²) in [6.07, 6.45) is 0.295. The van der Waals surface area contributed by atoms with Crippen LogP contribution in [0.4, 0.5) is 4.79 Å². The predicted octanol–water partition coefficient (Wildman–Crippen LogP) is 3.66. The minimum Gasteiger partial charge on any atom is -0.444 e. The molecule has 0 unspecified atom stereocenters. The first-order valence-electron chi connectivity index (χ1n) is 10.5. The van der Waals surface area contributed by atoms with Gasteiger partial charge in [0.15, 0.2) is 11.8 Å². The number of rotatable bonds is 8. The maximum Gasteiger partial charge on any atom is 0.410 e. The number of aliphatic imine (C=N–C) groups is 1. The Hall–Kier alpha value is -2.37. The number of hydrogen-bond acceptors (Lipinski definition) is 6. The van der Waals surface area contributed by atoms with Gasteiger partial charge in [0.2, 0.25) is 5.89 Å². The number of hydrogen-bond donors (Lipinski definition) is 2. The maximum atomic E-state index is 12.1. The molecule has 0 aliphatic heterocycles. The van der Waals surface area contributed by atoms with E-state index in [2.05, 4.69) is 25.8 Å². The lowest BCUT2D eigenvalue weighted by molar-refractivity contribution is 0.0285. The van der Waals surface area contributed by atoms with Crippen LogP contribution in [0.5, 0.6) is 0 Å². The Morgan fingerprint density at radius 3 is 2.41 bits per heavy atom. The average Bonchev–Trinajstić information content (AvgIpc) is 3.11. The third-order valence-corrected chi connectivity index (χ3v) is 4.11. The van der Waals surface area contributed by atoms with Crippen molar-refractivity contribution >= 4 is 36.0 Å². The molecule has 0 radical (unpaired) electrons. The normalized spacial score (nSPS) is 11.5. The Morgan fingerprint density at radius 1 is 1.19 bits per heavy atom. The molecule has 0 fully saturated rings. The van der Waals surface area contributed by atoms with Crippen LogP contribution in [-0.4, -0.2) is 52.8 Å². The van der Waals surface area contributed by atoms with Gasteiger partial charge in [-0.1, -0.05) is 29.4 Å². The van der Waals surface area contributed by atoms with Gasteiger partial charge in [0, 0.05) is 33.1 Å². The molecule has 0 bridgehead atoms. The van der Waals surface area contributed by atoms with Crippen molar-refractivity contribution in [1.29, 1.82) is 0 Å². The molecule has 178 valence electrons. The molecule has 0 saturated heterocycles. The van der Waals surface area contributed by atoms with Crippen LogP contribution in [0, 0.1) is 6.92 Å². The molecule has 1 aromatic heterocycles. The van der Waals surface area contributed by atoms with Crippen LogP contribution in [0.2, 0.25) is 0 Å². The van der Waals surface area contributed by atoms with E-state index in [9.17, 15) is 4.79 Å². The van der Waals surface area contributed by atoms with Crippen LogP contribution in [0.3, 0.4) is 0 Å². The summed E-state index contributed by atoms with van der Waals surface area (Å²) >= 11 is 0. The zero-order chi connectivity index (χ0) is 22.9. The van der Waals surface area contributed by atoms with Crippen LogP contribution < -0.4 is 10.6 Å². The second-order valence-electron chi connectivity index (χ2n) is 8.26. The third-order valence-electron chi connectivity index (χ3n) is 4.11. The van der Waals surface area contributed by atoms with Crippen LogP contribution in [0.1, 0.15) is 50.5 Å². The summed E-state index contributed by atoms with van der Waals surface area (Å²) < 4.78 is 10.5. The summed E-state index contributed by atoms with van der Waals surface area (Å²) in [4.78, 5) is 22.5. The van der Waals surface area contributed by atoms with E-state index in [1.807, 2.05) is 52.0 Å². The molecule has 10 heteroatoms. The average molecular weight is 558 g/mol. The highest BCUT2D eigenvalue weighted by Crippen LogP contribution is 2.12. The van der Waals surface area contributed by atoms with Crippen LogP contribution >= 0.6 is 24.0 Å². The fraction of sp³-hybridized carbons (Fsp3) is 0.545. The molecule has 0 atom stereocenters. The standard InChI is InChI=1S/C22H34N6O3.HI/c1-7-23-20(24-13-12-19-26-16(2)27-31-19)25-14-17-8-10-18(11-9-17)15-28(6)21(29)30-22(3,4)5;/h8-11H,7,12-15H2,1-6H3,(H2,23,24,25);1H. The molecule has 2 rings (SSSR count). The number of aryl methyl sites for hydroxylation is 1. The zero-order valence-corrected chi connectivity index (χ0v) is 22.1. The molecule has 2 N–H and O–H groups in total. The molecule has 0 aliphatic rings. The fourth-order valence-electron chi connectivity index (χ4n) is 2.67. The summed E-state index contributed by atoms with van der Waals surface area (Å²) in [5.74, 6) is 1.97. The number of guanidine groups is 1. The van der Waals surface area contributed by atoms with Gasteiger partial charge < -0.3 is 24.8 Å². The molecule has 1 aromatic carbocycles. The van der Waals surface area contributed by atoms with Crippen molar-refractivity contribution in [3.05, 3.63) is 47.1 Å². The fourth-order valence-corrected chi connectivity index (χ4v) is 2.67. The lowest BCUT2D eigenvalue weighted by atomic mass is 10.1. The lowest BCUT2D eigenvalue weighted by Crippen LogP contribution is -2.38. The number of carbonyl (C=O) groups excluding carboxylic acids is 1. The molecule has 1 amide bonds. The minimum atomic E-state index is -0.504. The quantitative estimate of drug-likeness (QED) is 0.290. The first-order valence-corrected chi connectivity index (χ1v) is 10.5. The number of amides is 1. The lowest BCUT2D eigenvalue weighted by Gasteiger charge is -2.24. The topological polar surface area (TPSA) is 105 Å². The van der Waals surface area contributed by atoms with Crippen molar-refractivity contribution in [2.75, 3.05) is 20.1 Å². The van der Waals surface area contributed by atoms with E-state index in [4.69, 9.17) is 9.26 Å². The van der Waals surface area contributed by atoms with Gasteiger partial charge in [-0.15, -0.1) is 24.0 Å². The number of ether oxygens (including phenoxy) is 1. The van der Waals surface area contributed by atoms with Crippen molar-refractivity contribution in [1.82, 2.24) is 25.7 Å². The van der Waals surface area contributed by atoms with Crippen LogP contribution in [0.25, 0.3) is 0 Å². The number of aromatic nitrogens is 2. The maximum absolute atomic E-state index is 12.1. The Morgan fingerprint density at radius 2 is 1.84 bits per heavy atom. The number of carbonyl (C=O) groups is 1. The number of benzene rings is 1. The molecular formula is C22H35IN6O3. The Labute approximate surface area is 207 Å². The summed E-state index contributed by atoms with van der Waals surface area (Å²) in [6.45, 7) is 11.8. The van der Waals surface area contributed by atoms with Gasteiger partial charge >= 0.3 is 6.09 Å². The van der Waals surface area contributed by atoms with E-state index < -0.39 is 5.60 Å². The summed E-state index contributed by atoms with van der Waals surface area (Å²) in [7, 11) is 1.73. The molecule has 0 aliphatic carbocycles. The van der Waals surface area contributed by atoms with E-state index in [-0.39, 0.29) is 30.1 Å². The van der Waals surface area contributed by atoms with Gasteiger partial charge in [-0.25, -0.2) is 9.79 Å². The van der Waals surface area contributed by atoms with Crippen molar-refractivity contribution in [3.8, 4) is 0 Å². The first-order chi connectivity index (χ1) is 14.7. The minimum absolute atomic E-state index is 0. The Bertz CT molecular complexity index is 861. The van der Waals surface area contributed by atoms with Gasteiger partial charge in [0.05, 0.1) is 6.54 Å². The van der Waals surface area contributed by atoms with Crippen molar-refractivity contribution < 1.29 is 14.1 Å². The second kappa shape index (κ2) is 13.2. The summed E-state index contributed by atoms with van der Waals surface area (Å²) in [6, 6.07) is 8.05. The zero-order valence-electron chi connectivity index (χ0n) is 19.8. The smallest absolute Gasteiger partial charge is 0.410 e. The molecule has 0 saturated carbocycles. The highest BCUT2D eigenvalue weighted by Gasteiger charge is 2.19. The van der Waals surface area contributed by atoms with Gasteiger partial charge in [0.25, 0.3) is 0 Å². The van der Waals surface area contributed by atoms with Gasteiger partial charge in [-0.3, -0.25) is 0 Å². The SMILES string of the molecule is CCNC(=NCc1ccc(CN(C)C(=O)OC(C)(C)C)cc1)NCCc1nc(C)no1.I. The van der Waals surface area contributed by atoms with Gasteiger partial charge in [-0.2, -0.15) is 4.98 Å². The highest BCUT2D eigenvalue weighted by atomic mass is 127. The van der Waals surface area contributed by atoms with E-state index >= 15 is 0 Å². The van der Waals surface area contributed by atoms with E-state index in [0.717, 1.165) is 23.6 Å². The van der Waals surface area contributed by atoms with Gasteiger partial charge in [0.1, 0.15) is 5.60 Å². The van der Waals surface area contributed by atoms with Crippen LogP contribution in [0.15, 0.2) is 33.8 Å². The number of nitrogens with one attached hydrogen (secondary N) is 2. The number of halogens is 1. The van der Waals surface area contributed by atoms with Crippen molar-refractivity contribution in [3.63, 3.8) is 0 Å². The second-order valence-corrected chi connectivity index (χ2v) is 8.26. The molecular weight excluding hydrogens is 523 g/mol. The summed E-state index contributed by atoms with van der Waals surface area (Å²) in [5, 5.41) is 10.3. The Kier molecular flexibility index (Phi) is 11.4. The first kappa shape index (κ1) is 27.7. The Balaban J connectivity index is 0.00000512. The monoisotopic (exact) mass is 558 g/mol.